The quantitative estimate of drug-likeness (QED) is 0.253. The molecule has 1 aliphatic carbocycles. The van der Waals surface area contributed by atoms with Gasteiger partial charge in [0.1, 0.15) is 36.1 Å². The number of aliphatic hydroxyl groups excluding tert-OH is 6. The number of rotatable bonds is 2. The van der Waals surface area contributed by atoms with Gasteiger partial charge in [-0.3, -0.25) is 0 Å². The summed E-state index contributed by atoms with van der Waals surface area (Å²) in [5.41, 5.74) is -2.23. The van der Waals surface area contributed by atoms with Crippen LogP contribution in [0.2, 0.25) is 0 Å². The molecular weight excluding hydrogens is 208 g/mol. The van der Waals surface area contributed by atoms with E-state index < -0.39 is 49.1 Å². The zero-order valence-electron chi connectivity index (χ0n) is 7.93. The minimum absolute atomic E-state index is 0.420. The molecule has 0 radical (unpaired) electrons. The molecule has 0 aromatic heterocycles. The van der Waals surface area contributed by atoms with E-state index >= 15 is 0 Å². The van der Waals surface area contributed by atoms with E-state index in [9.17, 15) is 30.6 Å². The van der Waals surface area contributed by atoms with Crippen LogP contribution in [0.3, 0.4) is 0 Å². The smallest absolute Gasteiger partial charge is 0.124 e. The van der Waals surface area contributed by atoms with Gasteiger partial charge in [0.15, 0.2) is 0 Å². The number of hydrogen-bond acceptors (Lipinski definition) is 7. The van der Waals surface area contributed by atoms with Crippen molar-refractivity contribution in [2.24, 2.45) is 0 Å². The van der Waals surface area contributed by atoms with Crippen LogP contribution in [0.5, 0.6) is 0 Å². The second-order valence-corrected chi connectivity index (χ2v) is 3.83. The summed E-state index contributed by atoms with van der Waals surface area (Å²) in [4.78, 5) is 0. The Morgan fingerprint density at radius 2 is 1.20 bits per heavy atom. The highest BCUT2D eigenvalue weighted by Gasteiger charge is 2.56. The van der Waals surface area contributed by atoms with Crippen molar-refractivity contribution in [2.45, 2.75) is 42.5 Å². The number of aliphatic hydroxyl groups is 7. The van der Waals surface area contributed by atoms with Crippen LogP contribution in [0, 0.1) is 0 Å². The summed E-state index contributed by atoms with van der Waals surface area (Å²) in [7, 11) is 0. The highest BCUT2D eigenvalue weighted by atomic mass is 16.4. The maximum atomic E-state index is 9.78. The molecule has 1 rings (SSSR count). The van der Waals surface area contributed by atoms with Gasteiger partial charge in [-0.05, 0) is 0 Å². The van der Waals surface area contributed by atoms with Gasteiger partial charge in [0, 0.05) is 13.0 Å². The Kier molecular flexibility index (Phi) is 3.67. The Labute approximate surface area is 85.8 Å². The van der Waals surface area contributed by atoms with E-state index in [1.54, 1.807) is 0 Å². The Bertz CT molecular complexity index is 205. The molecule has 1 aliphatic rings. The molecule has 0 saturated heterocycles. The molecule has 90 valence electrons. The minimum atomic E-state index is -2.23. The summed E-state index contributed by atoms with van der Waals surface area (Å²) < 4.78 is 0. The SMILES string of the molecule is OCC[C@]1(O)C(O)C(O)[C@H](O)C(O)C1O. The molecule has 7 heteroatoms. The maximum Gasteiger partial charge on any atom is 0.124 e. The molecule has 7 nitrogen and oxygen atoms in total. The van der Waals surface area contributed by atoms with Gasteiger partial charge < -0.3 is 35.7 Å². The molecule has 0 spiro atoms. The first-order chi connectivity index (χ1) is 6.86. The fraction of sp³-hybridized carbons (Fsp3) is 1.00. The summed E-state index contributed by atoms with van der Waals surface area (Å²) >= 11 is 0. The second kappa shape index (κ2) is 4.30. The van der Waals surface area contributed by atoms with Crippen LogP contribution in [0.15, 0.2) is 0 Å². The van der Waals surface area contributed by atoms with Crippen molar-refractivity contribution >= 4 is 0 Å². The third-order valence-corrected chi connectivity index (χ3v) is 2.88. The molecule has 0 aliphatic heterocycles. The lowest BCUT2D eigenvalue weighted by Crippen LogP contribution is -2.70. The Morgan fingerprint density at radius 1 is 0.800 bits per heavy atom. The van der Waals surface area contributed by atoms with Crippen LogP contribution in [0.1, 0.15) is 6.42 Å². The van der Waals surface area contributed by atoms with E-state index in [-0.39, 0.29) is 0 Å². The predicted octanol–water partition coefficient (Wildman–Crippen LogP) is -4.08. The van der Waals surface area contributed by atoms with Crippen molar-refractivity contribution < 1.29 is 35.7 Å². The average Bonchev–Trinajstić information content (AvgIpc) is 2.22. The van der Waals surface area contributed by atoms with Crippen LogP contribution in [0.4, 0.5) is 0 Å². The fourth-order valence-electron chi connectivity index (χ4n) is 1.82. The lowest BCUT2D eigenvalue weighted by atomic mass is 9.73. The average molecular weight is 224 g/mol. The summed E-state index contributed by atoms with van der Waals surface area (Å²) in [5, 5.41) is 65.1. The van der Waals surface area contributed by atoms with Gasteiger partial charge in [0.05, 0.1) is 0 Å². The molecule has 1 saturated carbocycles. The Balaban J connectivity index is 2.95. The summed E-state index contributed by atoms with van der Waals surface area (Å²) in [5.74, 6) is 0. The first-order valence-electron chi connectivity index (χ1n) is 4.60. The van der Waals surface area contributed by atoms with E-state index in [0.717, 1.165) is 0 Å². The van der Waals surface area contributed by atoms with Gasteiger partial charge in [-0.15, -0.1) is 0 Å². The Morgan fingerprint density at radius 3 is 1.53 bits per heavy atom. The molecule has 0 bridgehead atoms. The van der Waals surface area contributed by atoms with Crippen molar-refractivity contribution in [3.05, 3.63) is 0 Å². The molecule has 4 unspecified atom stereocenters. The molecule has 1 fully saturated rings. The Hall–Kier alpha value is -0.280. The van der Waals surface area contributed by atoms with Crippen LogP contribution >= 0.6 is 0 Å². The van der Waals surface area contributed by atoms with Crippen molar-refractivity contribution in [3.8, 4) is 0 Å². The highest BCUT2D eigenvalue weighted by molar-refractivity contribution is 5.08. The van der Waals surface area contributed by atoms with E-state index in [1.165, 1.54) is 0 Å². The van der Waals surface area contributed by atoms with E-state index in [0.29, 0.717) is 0 Å². The third-order valence-electron chi connectivity index (χ3n) is 2.88. The fourth-order valence-corrected chi connectivity index (χ4v) is 1.82. The van der Waals surface area contributed by atoms with Gasteiger partial charge in [-0.25, -0.2) is 0 Å². The largest absolute Gasteiger partial charge is 0.396 e. The van der Waals surface area contributed by atoms with Crippen LogP contribution < -0.4 is 0 Å². The third kappa shape index (κ3) is 1.87. The maximum absolute atomic E-state index is 9.78. The topological polar surface area (TPSA) is 142 Å². The molecule has 4 atom stereocenters. The predicted molar refractivity (Wildman–Crippen MR) is 46.7 cm³/mol. The van der Waals surface area contributed by atoms with Gasteiger partial charge in [0.2, 0.25) is 0 Å². The zero-order chi connectivity index (χ0) is 11.8. The second-order valence-electron chi connectivity index (χ2n) is 3.83. The molecule has 7 N–H and O–H groups in total. The van der Waals surface area contributed by atoms with Crippen LogP contribution in [-0.2, 0) is 0 Å². The van der Waals surface area contributed by atoms with Gasteiger partial charge in [-0.2, -0.15) is 0 Å². The zero-order valence-corrected chi connectivity index (χ0v) is 7.93. The first kappa shape index (κ1) is 12.8. The van der Waals surface area contributed by atoms with Crippen LogP contribution in [0.25, 0.3) is 0 Å². The lowest BCUT2D eigenvalue weighted by molar-refractivity contribution is -0.271. The molecule has 15 heavy (non-hydrogen) atoms. The summed E-state index contributed by atoms with van der Waals surface area (Å²) in [6.07, 6.45) is -9.39. The van der Waals surface area contributed by atoms with Crippen molar-refractivity contribution in [2.75, 3.05) is 6.61 Å². The van der Waals surface area contributed by atoms with Gasteiger partial charge in [0.25, 0.3) is 0 Å². The van der Waals surface area contributed by atoms with Gasteiger partial charge in [-0.1, -0.05) is 0 Å². The summed E-state index contributed by atoms with van der Waals surface area (Å²) in [6.45, 7) is -0.542. The van der Waals surface area contributed by atoms with Gasteiger partial charge >= 0.3 is 0 Å². The lowest BCUT2D eigenvalue weighted by Gasteiger charge is -2.47. The monoisotopic (exact) mass is 224 g/mol. The molecule has 0 aromatic carbocycles. The van der Waals surface area contributed by atoms with E-state index in [2.05, 4.69) is 0 Å². The van der Waals surface area contributed by atoms with Crippen LogP contribution in [-0.4, -0.2) is 78.5 Å². The standard InChI is InChI=1S/C8H16O7/c9-2-1-8(15)6(13)4(11)3(10)5(12)7(8)14/h3-7,9-15H,1-2H2/t3-,4?,5?,6?,7?,8-. The molecule has 0 aromatic rings. The molecule has 0 heterocycles. The minimum Gasteiger partial charge on any atom is -0.396 e. The van der Waals surface area contributed by atoms with Crippen molar-refractivity contribution in [1.82, 2.24) is 0 Å². The summed E-state index contributed by atoms with van der Waals surface area (Å²) in [6, 6.07) is 0. The normalized spacial score (nSPS) is 51.8. The van der Waals surface area contributed by atoms with E-state index in [1.807, 2.05) is 0 Å². The first-order valence-corrected chi connectivity index (χ1v) is 4.60. The number of hydrogen-bond donors (Lipinski definition) is 7. The van der Waals surface area contributed by atoms with Crippen molar-refractivity contribution in [3.63, 3.8) is 0 Å². The molecule has 0 amide bonds. The van der Waals surface area contributed by atoms with E-state index in [4.69, 9.17) is 5.11 Å². The van der Waals surface area contributed by atoms with Crippen molar-refractivity contribution in [1.29, 1.82) is 0 Å². The molecular formula is C8H16O7. The highest BCUT2D eigenvalue weighted by Crippen LogP contribution is 2.32.